The van der Waals surface area contributed by atoms with Gasteiger partial charge in [0.2, 0.25) is 0 Å². The minimum absolute atomic E-state index is 0.0386. The van der Waals surface area contributed by atoms with Gasteiger partial charge in [0.05, 0.1) is 12.2 Å². The van der Waals surface area contributed by atoms with Crippen LogP contribution in [0.2, 0.25) is 0 Å². The molecule has 1 aliphatic rings. The van der Waals surface area contributed by atoms with E-state index in [2.05, 4.69) is 15.3 Å². The highest BCUT2D eigenvalue weighted by atomic mass is 32.1. The van der Waals surface area contributed by atoms with Crippen LogP contribution in [0.4, 0.5) is 0 Å². The Labute approximate surface area is 118 Å². The Kier molecular flexibility index (Phi) is 5.15. The fraction of sp³-hybridized carbons (Fsp3) is 0.692. The van der Waals surface area contributed by atoms with Crippen molar-refractivity contribution in [2.24, 2.45) is 10.7 Å². The van der Waals surface area contributed by atoms with Crippen LogP contribution in [0.15, 0.2) is 10.4 Å². The van der Waals surface area contributed by atoms with E-state index < -0.39 is 0 Å². The van der Waals surface area contributed by atoms with Crippen molar-refractivity contribution >= 4 is 17.3 Å². The lowest BCUT2D eigenvalue weighted by Gasteiger charge is -2.11. The van der Waals surface area contributed by atoms with Crippen LogP contribution in [0, 0.1) is 0 Å². The molecule has 0 radical (unpaired) electrons. The molecule has 0 aromatic carbocycles. The smallest absolute Gasteiger partial charge is 0.189 e. The maximum atomic E-state index is 5.88. The number of aromatic nitrogens is 1. The van der Waals surface area contributed by atoms with E-state index in [0.717, 1.165) is 10.7 Å². The first-order valence-corrected chi connectivity index (χ1v) is 7.60. The number of nitrogens with zero attached hydrogens (tertiary/aromatic N) is 2. The van der Waals surface area contributed by atoms with Gasteiger partial charge < -0.3 is 15.8 Å². The predicted molar refractivity (Wildman–Crippen MR) is 78.3 cm³/mol. The average molecular weight is 282 g/mol. The first-order chi connectivity index (χ1) is 9.19. The number of nitrogens with one attached hydrogen (secondary N) is 1. The van der Waals surface area contributed by atoms with Gasteiger partial charge in [0, 0.05) is 18.5 Å². The Morgan fingerprint density at radius 3 is 3.05 bits per heavy atom. The molecule has 5 nitrogen and oxygen atoms in total. The fourth-order valence-corrected chi connectivity index (χ4v) is 3.02. The predicted octanol–water partition coefficient (Wildman–Crippen LogP) is 2.20. The van der Waals surface area contributed by atoms with Crippen molar-refractivity contribution in [1.82, 2.24) is 10.3 Å². The first-order valence-electron chi connectivity index (χ1n) is 6.72. The molecule has 3 N–H and O–H groups in total. The zero-order valence-electron chi connectivity index (χ0n) is 11.6. The quantitative estimate of drug-likeness (QED) is 0.641. The van der Waals surface area contributed by atoms with E-state index in [1.807, 2.05) is 12.3 Å². The van der Waals surface area contributed by atoms with Crippen molar-refractivity contribution in [1.29, 1.82) is 0 Å². The molecule has 19 heavy (non-hydrogen) atoms. The number of hydrogen-bond donors (Lipinski definition) is 2. The number of ether oxygens (including phenoxy) is 1. The molecular weight excluding hydrogens is 260 g/mol. The third-order valence-electron chi connectivity index (χ3n) is 3.39. The third kappa shape index (κ3) is 4.18. The van der Waals surface area contributed by atoms with Crippen molar-refractivity contribution in [2.75, 3.05) is 7.11 Å². The van der Waals surface area contributed by atoms with Gasteiger partial charge in [0.25, 0.3) is 0 Å². The minimum atomic E-state index is 0.0386. The Morgan fingerprint density at radius 1 is 1.63 bits per heavy atom. The SMILES string of the molecule is COC(C)c1nc(CN=C(N)NC2CCCC2)cs1. The Bertz CT molecular complexity index is 426. The number of guanidine groups is 1. The van der Waals surface area contributed by atoms with Crippen molar-refractivity contribution in [3.8, 4) is 0 Å². The lowest BCUT2D eigenvalue weighted by Crippen LogP contribution is -2.38. The molecule has 1 atom stereocenters. The van der Waals surface area contributed by atoms with E-state index in [9.17, 15) is 0 Å². The molecule has 0 spiro atoms. The second-order valence-electron chi connectivity index (χ2n) is 4.88. The fourth-order valence-electron chi connectivity index (χ4n) is 2.17. The maximum Gasteiger partial charge on any atom is 0.189 e. The summed E-state index contributed by atoms with van der Waals surface area (Å²) in [5.74, 6) is 0.529. The van der Waals surface area contributed by atoms with Crippen LogP contribution in [0.5, 0.6) is 0 Å². The van der Waals surface area contributed by atoms with Gasteiger partial charge in [-0.25, -0.2) is 9.98 Å². The van der Waals surface area contributed by atoms with Crippen LogP contribution in [-0.2, 0) is 11.3 Å². The molecule has 1 fully saturated rings. The third-order valence-corrected chi connectivity index (χ3v) is 4.44. The van der Waals surface area contributed by atoms with E-state index >= 15 is 0 Å². The second-order valence-corrected chi connectivity index (χ2v) is 5.77. The van der Waals surface area contributed by atoms with E-state index in [1.54, 1.807) is 18.4 Å². The van der Waals surface area contributed by atoms with E-state index in [4.69, 9.17) is 10.5 Å². The zero-order valence-corrected chi connectivity index (χ0v) is 12.4. The molecule has 1 aliphatic carbocycles. The molecule has 106 valence electrons. The molecule has 2 rings (SSSR count). The number of aliphatic imine (C=N–C) groups is 1. The summed E-state index contributed by atoms with van der Waals surface area (Å²) in [4.78, 5) is 8.83. The summed E-state index contributed by atoms with van der Waals surface area (Å²) in [5, 5.41) is 6.26. The molecule has 1 aromatic heterocycles. The van der Waals surface area contributed by atoms with Crippen LogP contribution in [0.1, 0.15) is 49.4 Å². The lowest BCUT2D eigenvalue weighted by molar-refractivity contribution is 0.119. The van der Waals surface area contributed by atoms with Crippen molar-refractivity contribution in [3.05, 3.63) is 16.1 Å². The van der Waals surface area contributed by atoms with Gasteiger partial charge in [0.15, 0.2) is 5.96 Å². The largest absolute Gasteiger partial charge is 0.375 e. The number of thiazole rings is 1. The molecule has 1 unspecified atom stereocenters. The van der Waals surface area contributed by atoms with E-state index in [-0.39, 0.29) is 6.10 Å². The summed E-state index contributed by atoms with van der Waals surface area (Å²) in [6, 6.07) is 0.503. The summed E-state index contributed by atoms with van der Waals surface area (Å²) in [7, 11) is 1.69. The molecule has 6 heteroatoms. The van der Waals surface area contributed by atoms with Crippen molar-refractivity contribution in [3.63, 3.8) is 0 Å². The Morgan fingerprint density at radius 2 is 2.37 bits per heavy atom. The standard InChI is InChI=1S/C13H22N4OS/c1-9(18-2)12-16-11(8-19-12)7-15-13(14)17-10-5-3-4-6-10/h8-10H,3-7H2,1-2H3,(H3,14,15,17). The molecule has 1 heterocycles. The van der Waals surface area contributed by atoms with Gasteiger partial charge in [-0.1, -0.05) is 12.8 Å². The molecular formula is C13H22N4OS. The molecule has 0 saturated heterocycles. The lowest BCUT2D eigenvalue weighted by atomic mass is 10.2. The van der Waals surface area contributed by atoms with Crippen LogP contribution >= 0.6 is 11.3 Å². The summed E-state index contributed by atoms with van der Waals surface area (Å²) in [5.41, 5.74) is 6.83. The molecule has 1 aromatic rings. The number of methoxy groups -OCH3 is 1. The van der Waals surface area contributed by atoms with Gasteiger partial charge in [0.1, 0.15) is 11.1 Å². The summed E-state index contributed by atoms with van der Waals surface area (Å²) < 4.78 is 5.24. The number of nitrogens with two attached hydrogens (primary N) is 1. The molecule has 1 saturated carbocycles. The molecule has 0 bridgehead atoms. The number of hydrogen-bond acceptors (Lipinski definition) is 4. The second kappa shape index (κ2) is 6.86. The highest BCUT2D eigenvalue weighted by Gasteiger charge is 2.15. The Hall–Kier alpha value is -1.14. The first kappa shape index (κ1) is 14.3. The van der Waals surface area contributed by atoms with Gasteiger partial charge in [-0.15, -0.1) is 11.3 Å². The van der Waals surface area contributed by atoms with Crippen LogP contribution in [-0.4, -0.2) is 24.1 Å². The zero-order chi connectivity index (χ0) is 13.7. The van der Waals surface area contributed by atoms with Crippen LogP contribution in [0.25, 0.3) is 0 Å². The van der Waals surface area contributed by atoms with E-state index in [1.165, 1.54) is 25.7 Å². The number of rotatable bonds is 5. The van der Waals surface area contributed by atoms with Crippen LogP contribution in [0.3, 0.4) is 0 Å². The normalized spacial score (nSPS) is 18.7. The van der Waals surface area contributed by atoms with Gasteiger partial charge in [-0.3, -0.25) is 0 Å². The summed E-state index contributed by atoms with van der Waals surface area (Å²) in [6.07, 6.45) is 5.01. The summed E-state index contributed by atoms with van der Waals surface area (Å²) in [6.45, 7) is 2.51. The van der Waals surface area contributed by atoms with Gasteiger partial charge in [-0.2, -0.15) is 0 Å². The van der Waals surface area contributed by atoms with Crippen molar-refractivity contribution in [2.45, 2.75) is 51.3 Å². The summed E-state index contributed by atoms with van der Waals surface area (Å²) >= 11 is 1.60. The van der Waals surface area contributed by atoms with E-state index in [0.29, 0.717) is 18.5 Å². The minimum Gasteiger partial charge on any atom is -0.375 e. The average Bonchev–Trinajstić information content (AvgIpc) is 3.06. The van der Waals surface area contributed by atoms with Gasteiger partial charge in [-0.05, 0) is 19.8 Å². The highest BCUT2D eigenvalue weighted by Crippen LogP contribution is 2.20. The highest BCUT2D eigenvalue weighted by molar-refractivity contribution is 7.09. The van der Waals surface area contributed by atoms with Crippen LogP contribution < -0.4 is 11.1 Å². The topological polar surface area (TPSA) is 72.5 Å². The maximum absolute atomic E-state index is 5.88. The molecule has 0 amide bonds. The Balaban J connectivity index is 1.84. The monoisotopic (exact) mass is 282 g/mol. The van der Waals surface area contributed by atoms with Gasteiger partial charge >= 0.3 is 0 Å². The van der Waals surface area contributed by atoms with Crippen molar-refractivity contribution < 1.29 is 4.74 Å². The molecule has 0 aliphatic heterocycles.